The Bertz CT molecular complexity index is 588. The third kappa shape index (κ3) is 1.59. The van der Waals surface area contributed by atoms with Crippen LogP contribution in [0.25, 0.3) is 11.5 Å². The third-order valence-corrected chi connectivity index (χ3v) is 2.23. The first-order valence-electron chi connectivity index (χ1n) is 4.24. The molecule has 0 saturated carbocycles. The van der Waals surface area contributed by atoms with E-state index in [0.29, 0.717) is 0 Å². The van der Waals surface area contributed by atoms with Gasteiger partial charge in [-0.25, -0.2) is 4.39 Å². The fourth-order valence-electron chi connectivity index (χ4n) is 1.20. The van der Waals surface area contributed by atoms with Crippen molar-refractivity contribution in [1.82, 2.24) is 4.98 Å². The van der Waals surface area contributed by atoms with Crippen LogP contribution < -0.4 is 5.73 Å². The highest BCUT2D eigenvalue weighted by Crippen LogP contribution is 2.28. The van der Waals surface area contributed by atoms with Crippen molar-refractivity contribution >= 4 is 17.5 Å². The zero-order valence-electron chi connectivity index (χ0n) is 7.87. The zero-order valence-corrected chi connectivity index (χ0v) is 8.62. The van der Waals surface area contributed by atoms with E-state index in [-0.39, 0.29) is 28.1 Å². The Labute approximate surface area is 95.1 Å². The Hall–Kier alpha value is -2.06. The molecule has 1 heterocycles. The fourth-order valence-corrected chi connectivity index (χ4v) is 1.37. The number of oxazole rings is 1. The van der Waals surface area contributed by atoms with Gasteiger partial charge in [-0.05, 0) is 12.1 Å². The molecule has 0 saturated heterocycles. The smallest absolute Gasteiger partial charge is 0.233 e. The summed E-state index contributed by atoms with van der Waals surface area (Å²) in [6, 6.07) is 6.12. The van der Waals surface area contributed by atoms with Gasteiger partial charge in [0.05, 0.1) is 10.6 Å². The van der Waals surface area contributed by atoms with Crippen molar-refractivity contribution in [3.8, 4) is 17.5 Å². The largest absolute Gasteiger partial charge is 0.419 e. The number of nitriles is 1. The molecule has 2 aromatic rings. The molecule has 16 heavy (non-hydrogen) atoms. The predicted molar refractivity (Wildman–Crippen MR) is 56.0 cm³/mol. The second kappa shape index (κ2) is 3.83. The summed E-state index contributed by atoms with van der Waals surface area (Å²) in [5.41, 5.74) is 5.37. The molecule has 1 aromatic carbocycles. The summed E-state index contributed by atoms with van der Waals surface area (Å²) in [6.45, 7) is 0. The van der Waals surface area contributed by atoms with Gasteiger partial charge < -0.3 is 10.2 Å². The van der Waals surface area contributed by atoms with Crippen LogP contribution in [0.1, 0.15) is 5.69 Å². The van der Waals surface area contributed by atoms with Crippen molar-refractivity contribution in [3.63, 3.8) is 0 Å². The number of benzene rings is 1. The molecule has 0 radical (unpaired) electrons. The molecule has 0 amide bonds. The van der Waals surface area contributed by atoms with Crippen molar-refractivity contribution < 1.29 is 8.81 Å². The zero-order chi connectivity index (χ0) is 11.7. The minimum Gasteiger partial charge on any atom is -0.419 e. The van der Waals surface area contributed by atoms with Crippen LogP contribution in [0.3, 0.4) is 0 Å². The molecule has 2 rings (SSSR count). The van der Waals surface area contributed by atoms with Crippen LogP contribution in [0.2, 0.25) is 5.02 Å². The van der Waals surface area contributed by atoms with E-state index in [0.717, 1.165) is 0 Å². The molecule has 0 spiro atoms. The number of rotatable bonds is 1. The number of hydrogen-bond donors (Lipinski definition) is 1. The molecule has 2 N–H and O–H groups in total. The summed E-state index contributed by atoms with van der Waals surface area (Å²) in [7, 11) is 0. The quantitative estimate of drug-likeness (QED) is 0.827. The van der Waals surface area contributed by atoms with Crippen LogP contribution in [0.15, 0.2) is 22.6 Å². The molecule has 80 valence electrons. The van der Waals surface area contributed by atoms with E-state index in [1.807, 2.05) is 0 Å². The maximum atomic E-state index is 13.6. The van der Waals surface area contributed by atoms with Crippen LogP contribution in [0.5, 0.6) is 0 Å². The maximum absolute atomic E-state index is 13.6. The summed E-state index contributed by atoms with van der Waals surface area (Å²) in [5.74, 6) is -0.860. The number of anilines is 1. The van der Waals surface area contributed by atoms with Gasteiger partial charge >= 0.3 is 0 Å². The van der Waals surface area contributed by atoms with Crippen LogP contribution in [0, 0.1) is 17.1 Å². The van der Waals surface area contributed by atoms with E-state index in [1.165, 1.54) is 12.1 Å². The van der Waals surface area contributed by atoms with Crippen LogP contribution in [0.4, 0.5) is 10.3 Å². The van der Waals surface area contributed by atoms with Crippen LogP contribution in [-0.2, 0) is 0 Å². The lowest BCUT2D eigenvalue weighted by Crippen LogP contribution is -1.85. The Morgan fingerprint density at radius 1 is 1.50 bits per heavy atom. The number of aromatic nitrogens is 1. The highest BCUT2D eigenvalue weighted by Gasteiger charge is 2.16. The lowest BCUT2D eigenvalue weighted by molar-refractivity contribution is 0.577. The van der Waals surface area contributed by atoms with Crippen molar-refractivity contribution in [3.05, 3.63) is 34.7 Å². The summed E-state index contributed by atoms with van der Waals surface area (Å²) in [4.78, 5) is 3.75. The number of halogens is 2. The van der Waals surface area contributed by atoms with Gasteiger partial charge in [-0.15, -0.1) is 0 Å². The van der Waals surface area contributed by atoms with Gasteiger partial charge in [-0.2, -0.15) is 10.2 Å². The van der Waals surface area contributed by atoms with Crippen LogP contribution >= 0.6 is 11.6 Å². The molecular weight excluding hydrogens is 233 g/mol. The van der Waals surface area contributed by atoms with Gasteiger partial charge in [-0.3, -0.25) is 0 Å². The van der Waals surface area contributed by atoms with Gasteiger partial charge in [0, 0.05) is 0 Å². The topological polar surface area (TPSA) is 75.8 Å². The van der Waals surface area contributed by atoms with E-state index in [9.17, 15) is 4.39 Å². The molecule has 0 aliphatic carbocycles. The third-order valence-electron chi connectivity index (χ3n) is 1.94. The molecule has 1 aromatic heterocycles. The summed E-state index contributed by atoms with van der Waals surface area (Å²) >= 11 is 5.60. The van der Waals surface area contributed by atoms with Crippen molar-refractivity contribution in [2.75, 3.05) is 5.73 Å². The predicted octanol–water partition coefficient (Wildman–Crippen LogP) is 2.59. The first-order chi connectivity index (χ1) is 7.63. The second-order valence-corrected chi connectivity index (χ2v) is 3.35. The minimum absolute atomic E-state index is 0.0484. The van der Waals surface area contributed by atoms with E-state index in [4.69, 9.17) is 27.0 Å². The van der Waals surface area contributed by atoms with E-state index >= 15 is 0 Å². The Morgan fingerprint density at radius 3 is 2.88 bits per heavy atom. The first kappa shape index (κ1) is 10.5. The minimum atomic E-state index is -0.657. The number of nitrogens with zero attached hydrogens (tertiary/aromatic N) is 2. The molecule has 0 aliphatic rings. The van der Waals surface area contributed by atoms with Crippen molar-refractivity contribution in [2.45, 2.75) is 0 Å². The van der Waals surface area contributed by atoms with E-state index in [2.05, 4.69) is 4.98 Å². The molecule has 0 unspecified atom stereocenters. The Kier molecular flexibility index (Phi) is 2.50. The lowest BCUT2D eigenvalue weighted by atomic mass is 10.2. The Balaban J connectivity index is 2.60. The number of nitrogen functional groups attached to an aromatic ring is 1. The molecular formula is C10H5ClFN3O. The summed E-state index contributed by atoms with van der Waals surface area (Å²) in [5, 5.41) is 8.58. The molecule has 0 bridgehead atoms. The molecule has 6 heteroatoms. The van der Waals surface area contributed by atoms with Crippen LogP contribution in [-0.4, -0.2) is 4.98 Å². The molecule has 0 aliphatic heterocycles. The molecule has 4 nitrogen and oxygen atoms in total. The van der Waals surface area contributed by atoms with Gasteiger partial charge in [-0.1, -0.05) is 17.7 Å². The van der Waals surface area contributed by atoms with Gasteiger partial charge in [0.15, 0.2) is 5.82 Å². The fraction of sp³-hybridized carbons (Fsp3) is 0. The Morgan fingerprint density at radius 2 is 2.25 bits per heavy atom. The van der Waals surface area contributed by atoms with Gasteiger partial charge in [0.2, 0.25) is 17.5 Å². The average Bonchev–Trinajstić information content (AvgIpc) is 2.63. The average molecular weight is 238 g/mol. The standard InChI is InChI=1S/C10H5ClFN3O/c11-6-3-1-2-5(8(6)12)10-15-7(4-13)9(14)16-10/h1-3H,14H2. The van der Waals surface area contributed by atoms with Gasteiger partial charge in [0.1, 0.15) is 6.07 Å². The summed E-state index contributed by atoms with van der Waals surface area (Å²) in [6.07, 6.45) is 0. The van der Waals surface area contributed by atoms with Gasteiger partial charge in [0.25, 0.3) is 0 Å². The highest BCUT2D eigenvalue weighted by molar-refractivity contribution is 6.31. The van der Waals surface area contributed by atoms with Crippen molar-refractivity contribution in [1.29, 1.82) is 5.26 Å². The first-order valence-corrected chi connectivity index (χ1v) is 4.62. The number of hydrogen-bond acceptors (Lipinski definition) is 4. The SMILES string of the molecule is N#Cc1nc(-c2cccc(Cl)c2F)oc1N. The lowest BCUT2D eigenvalue weighted by Gasteiger charge is -1.98. The second-order valence-electron chi connectivity index (χ2n) is 2.95. The maximum Gasteiger partial charge on any atom is 0.233 e. The molecule has 0 atom stereocenters. The normalized spacial score (nSPS) is 10.1. The van der Waals surface area contributed by atoms with Crippen molar-refractivity contribution in [2.24, 2.45) is 0 Å². The summed E-state index contributed by atoms with van der Waals surface area (Å²) < 4.78 is 18.5. The monoisotopic (exact) mass is 237 g/mol. The number of nitrogens with two attached hydrogens (primary N) is 1. The molecule has 0 fully saturated rings. The van der Waals surface area contributed by atoms with E-state index < -0.39 is 5.82 Å². The van der Waals surface area contributed by atoms with E-state index in [1.54, 1.807) is 12.1 Å². The highest BCUT2D eigenvalue weighted by atomic mass is 35.5.